The number of piperazine rings is 1. The van der Waals surface area contributed by atoms with Gasteiger partial charge in [-0.2, -0.15) is 15.0 Å². The maximum Gasteiger partial charge on any atom is 0.289 e. The maximum absolute atomic E-state index is 12.7. The number of aromatic nitrogens is 3. The summed E-state index contributed by atoms with van der Waals surface area (Å²) in [5.74, 6) is 2.62. The summed E-state index contributed by atoms with van der Waals surface area (Å²) in [5.41, 5.74) is 4.34. The Kier molecular flexibility index (Phi) is 7.76. The Balaban J connectivity index is 1.36. The first-order valence-electron chi connectivity index (χ1n) is 13.4. The molecule has 4 aromatic rings. The molecule has 2 aromatic carbocycles. The SMILES string of the molecule is CC(C)c1ccc(Nc2nc(Nc3ccc(C(C)C)cc3)nc(N3CCN(C(=O)c4ccco4)CC3)n2)cc1. The molecule has 0 bridgehead atoms. The number of benzene rings is 2. The average Bonchev–Trinajstić information content (AvgIpc) is 3.48. The van der Waals surface area contributed by atoms with Gasteiger partial charge < -0.3 is 24.9 Å². The van der Waals surface area contributed by atoms with Crippen molar-refractivity contribution in [1.29, 1.82) is 0 Å². The second-order valence-corrected chi connectivity index (χ2v) is 10.3. The molecule has 0 spiro atoms. The van der Waals surface area contributed by atoms with Gasteiger partial charge in [0.1, 0.15) is 0 Å². The second-order valence-electron chi connectivity index (χ2n) is 10.3. The number of rotatable bonds is 8. The molecule has 1 amide bonds. The van der Waals surface area contributed by atoms with Gasteiger partial charge in [0.15, 0.2) is 5.76 Å². The third kappa shape index (κ3) is 6.37. The highest BCUT2D eigenvalue weighted by Crippen LogP contribution is 2.24. The highest BCUT2D eigenvalue weighted by Gasteiger charge is 2.25. The van der Waals surface area contributed by atoms with Crippen molar-refractivity contribution in [2.75, 3.05) is 41.7 Å². The van der Waals surface area contributed by atoms with E-state index in [4.69, 9.17) is 14.4 Å². The fourth-order valence-corrected chi connectivity index (χ4v) is 4.44. The zero-order valence-corrected chi connectivity index (χ0v) is 22.9. The Morgan fingerprint density at radius 2 is 1.26 bits per heavy atom. The highest BCUT2D eigenvalue weighted by molar-refractivity contribution is 5.91. The molecule has 39 heavy (non-hydrogen) atoms. The molecule has 1 aliphatic heterocycles. The largest absolute Gasteiger partial charge is 0.459 e. The molecule has 202 valence electrons. The highest BCUT2D eigenvalue weighted by atomic mass is 16.3. The fourth-order valence-electron chi connectivity index (χ4n) is 4.44. The van der Waals surface area contributed by atoms with E-state index in [0.717, 1.165) is 11.4 Å². The van der Waals surface area contributed by atoms with Gasteiger partial charge in [-0.1, -0.05) is 52.0 Å². The van der Waals surface area contributed by atoms with Crippen LogP contribution in [0, 0.1) is 0 Å². The van der Waals surface area contributed by atoms with E-state index in [9.17, 15) is 4.79 Å². The van der Waals surface area contributed by atoms with Crippen LogP contribution < -0.4 is 15.5 Å². The molecular weight excluding hydrogens is 490 g/mol. The molecule has 5 rings (SSSR count). The summed E-state index contributed by atoms with van der Waals surface area (Å²) >= 11 is 0. The Labute approximate surface area is 229 Å². The topological polar surface area (TPSA) is 99.4 Å². The number of anilines is 5. The van der Waals surface area contributed by atoms with Gasteiger partial charge in [-0.15, -0.1) is 0 Å². The van der Waals surface area contributed by atoms with E-state index in [0.29, 0.717) is 61.6 Å². The monoisotopic (exact) mass is 525 g/mol. The smallest absolute Gasteiger partial charge is 0.289 e. The summed E-state index contributed by atoms with van der Waals surface area (Å²) in [5, 5.41) is 6.68. The standard InChI is InChI=1S/C30H35N7O2/c1-20(2)22-7-11-24(12-8-22)31-28-33-29(32-25-13-9-23(10-14-25)21(3)4)35-30(34-28)37-17-15-36(16-18-37)27(38)26-6-5-19-39-26/h5-14,19-21H,15-18H2,1-4H3,(H2,31,32,33,34,35). The number of hydrogen-bond donors (Lipinski definition) is 2. The zero-order valence-electron chi connectivity index (χ0n) is 22.9. The van der Waals surface area contributed by atoms with Crippen LogP contribution >= 0.6 is 0 Å². The number of hydrogen-bond acceptors (Lipinski definition) is 8. The molecule has 0 radical (unpaired) electrons. The van der Waals surface area contributed by atoms with E-state index < -0.39 is 0 Å². The van der Waals surface area contributed by atoms with Crippen LogP contribution in [0.4, 0.5) is 29.2 Å². The van der Waals surface area contributed by atoms with Gasteiger partial charge in [0.2, 0.25) is 17.8 Å². The fraction of sp³-hybridized carbons (Fsp3) is 0.333. The molecule has 2 aromatic heterocycles. The third-order valence-electron chi connectivity index (χ3n) is 6.87. The number of nitrogens with one attached hydrogen (secondary N) is 2. The summed E-state index contributed by atoms with van der Waals surface area (Å²) in [6.45, 7) is 11.0. The van der Waals surface area contributed by atoms with Gasteiger partial charge in [-0.25, -0.2) is 0 Å². The quantitative estimate of drug-likeness (QED) is 0.282. The number of nitrogens with zero attached hydrogens (tertiary/aromatic N) is 5. The van der Waals surface area contributed by atoms with E-state index >= 15 is 0 Å². The van der Waals surface area contributed by atoms with E-state index in [-0.39, 0.29) is 5.91 Å². The van der Waals surface area contributed by atoms with Crippen molar-refractivity contribution in [1.82, 2.24) is 19.9 Å². The van der Waals surface area contributed by atoms with Crippen LogP contribution in [0.3, 0.4) is 0 Å². The average molecular weight is 526 g/mol. The minimum absolute atomic E-state index is 0.102. The molecule has 0 saturated carbocycles. The predicted molar refractivity (Wildman–Crippen MR) is 154 cm³/mol. The minimum atomic E-state index is -0.102. The van der Waals surface area contributed by atoms with Gasteiger partial charge >= 0.3 is 0 Å². The van der Waals surface area contributed by atoms with E-state index in [1.165, 1.54) is 17.4 Å². The van der Waals surface area contributed by atoms with Crippen molar-refractivity contribution in [2.45, 2.75) is 39.5 Å². The van der Waals surface area contributed by atoms with Crippen LogP contribution in [0.25, 0.3) is 0 Å². The van der Waals surface area contributed by atoms with E-state index in [1.807, 2.05) is 24.3 Å². The number of furan rings is 1. The first-order chi connectivity index (χ1) is 18.9. The molecule has 0 unspecified atom stereocenters. The summed E-state index contributed by atoms with van der Waals surface area (Å²) in [4.78, 5) is 30.7. The van der Waals surface area contributed by atoms with Crippen molar-refractivity contribution in [2.24, 2.45) is 0 Å². The molecule has 1 fully saturated rings. The summed E-state index contributed by atoms with van der Waals surface area (Å²) in [6.07, 6.45) is 1.52. The zero-order chi connectivity index (χ0) is 27.4. The lowest BCUT2D eigenvalue weighted by molar-refractivity contribution is 0.0714. The molecule has 3 heterocycles. The minimum Gasteiger partial charge on any atom is -0.459 e. The molecule has 1 saturated heterocycles. The van der Waals surface area contributed by atoms with Crippen molar-refractivity contribution in [3.63, 3.8) is 0 Å². The number of carbonyl (C=O) groups excluding carboxylic acids is 1. The maximum atomic E-state index is 12.7. The van der Waals surface area contributed by atoms with Gasteiger partial charge in [0, 0.05) is 37.6 Å². The van der Waals surface area contributed by atoms with Crippen LogP contribution in [-0.2, 0) is 0 Å². The van der Waals surface area contributed by atoms with Gasteiger partial charge in [-0.05, 0) is 59.4 Å². The molecule has 2 N–H and O–H groups in total. The lowest BCUT2D eigenvalue weighted by atomic mass is 10.0. The number of carbonyl (C=O) groups is 1. The number of amides is 1. The van der Waals surface area contributed by atoms with Crippen LogP contribution in [0.5, 0.6) is 0 Å². The molecule has 9 heteroatoms. The Morgan fingerprint density at radius 1 is 0.744 bits per heavy atom. The molecular formula is C30H35N7O2. The Morgan fingerprint density at radius 3 is 1.69 bits per heavy atom. The van der Waals surface area contributed by atoms with Crippen LogP contribution in [0.15, 0.2) is 71.3 Å². The second kappa shape index (κ2) is 11.6. The summed E-state index contributed by atoms with van der Waals surface area (Å²) < 4.78 is 5.29. The summed E-state index contributed by atoms with van der Waals surface area (Å²) in [6, 6.07) is 20.0. The van der Waals surface area contributed by atoms with Crippen molar-refractivity contribution in [3.05, 3.63) is 83.8 Å². The van der Waals surface area contributed by atoms with Crippen LogP contribution in [-0.4, -0.2) is 51.9 Å². The Hall–Kier alpha value is -4.40. The van der Waals surface area contributed by atoms with Gasteiger partial charge in [-0.3, -0.25) is 4.79 Å². The lowest BCUT2D eigenvalue weighted by Crippen LogP contribution is -2.49. The summed E-state index contributed by atoms with van der Waals surface area (Å²) in [7, 11) is 0. The molecule has 9 nitrogen and oxygen atoms in total. The molecule has 0 aliphatic carbocycles. The third-order valence-corrected chi connectivity index (χ3v) is 6.87. The molecule has 0 atom stereocenters. The normalized spacial score (nSPS) is 13.7. The molecule has 1 aliphatic rings. The van der Waals surface area contributed by atoms with Crippen molar-refractivity contribution >= 4 is 35.1 Å². The van der Waals surface area contributed by atoms with Crippen molar-refractivity contribution < 1.29 is 9.21 Å². The van der Waals surface area contributed by atoms with Crippen molar-refractivity contribution in [3.8, 4) is 0 Å². The van der Waals surface area contributed by atoms with E-state index in [1.54, 1.807) is 17.0 Å². The van der Waals surface area contributed by atoms with Gasteiger partial charge in [0.05, 0.1) is 6.26 Å². The van der Waals surface area contributed by atoms with E-state index in [2.05, 4.69) is 72.5 Å². The lowest BCUT2D eigenvalue weighted by Gasteiger charge is -2.34. The first kappa shape index (κ1) is 26.2. The van der Waals surface area contributed by atoms with Crippen LogP contribution in [0.2, 0.25) is 0 Å². The Bertz CT molecular complexity index is 1300. The first-order valence-corrected chi connectivity index (χ1v) is 13.4. The van der Waals surface area contributed by atoms with Crippen LogP contribution in [0.1, 0.15) is 61.2 Å². The van der Waals surface area contributed by atoms with Gasteiger partial charge in [0.25, 0.3) is 5.91 Å². The predicted octanol–water partition coefficient (Wildman–Crippen LogP) is 6.16.